The van der Waals surface area contributed by atoms with Gasteiger partial charge in [-0.1, -0.05) is 29.8 Å². The molecule has 8 nitrogen and oxygen atoms in total. The largest absolute Gasteiger partial charge is 0.478 e. The maximum absolute atomic E-state index is 13.9. The second-order valence-corrected chi connectivity index (χ2v) is 9.92. The molecule has 2 amide bonds. The number of hydrogen-bond acceptors (Lipinski definition) is 5. The number of amides is 2. The Labute approximate surface area is 246 Å². The lowest BCUT2D eigenvalue weighted by Crippen LogP contribution is -2.34. The predicted molar refractivity (Wildman–Crippen MR) is 148 cm³/mol. The molecule has 0 bridgehead atoms. The molecule has 1 aliphatic rings. The van der Waals surface area contributed by atoms with E-state index in [4.69, 9.17) is 16.0 Å². The molecule has 0 spiro atoms. The average molecular weight is 614 g/mol. The third-order valence-corrected chi connectivity index (χ3v) is 6.93. The molecular weight excluding hydrogens is 594 g/mol. The highest BCUT2D eigenvalue weighted by molar-refractivity contribution is 6.34. The molecule has 3 aromatic carbocycles. The summed E-state index contributed by atoms with van der Waals surface area (Å²) in [5, 5.41) is 16.1. The molecule has 0 radical (unpaired) electrons. The van der Waals surface area contributed by atoms with Gasteiger partial charge in [-0.05, 0) is 66.2 Å². The van der Waals surface area contributed by atoms with Crippen molar-refractivity contribution in [2.45, 2.75) is 19.1 Å². The van der Waals surface area contributed by atoms with E-state index in [1.807, 2.05) is 0 Å². The number of rotatable bonds is 8. The van der Waals surface area contributed by atoms with E-state index in [0.717, 1.165) is 6.07 Å². The third kappa shape index (κ3) is 6.44. The SMILES string of the molecule is O=C(O)c1cccc(N2N=C(C(F)(F)F)C(Cc3ccc(-c4ccc(Cl)c(C(=O)NCc5ccc(F)cc5)c4)o3)C2=O)c1. The molecule has 0 saturated heterocycles. The summed E-state index contributed by atoms with van der Waals surface area (Å²) in [6.45, 7) is 0.112. The molecule has 0 aliphatic carbocycles. The Balaban J connectivity index is 1.35. The van der Waals surface area contributed by atoms with Gasteiger partial charge in [0, 0.05) is 18.5 Å². The van der Waals surface area contributed by atoms with Crippen molar-refractivity contribution < 1.29 is 41.5 Å². The van der Waals surface area contributed by atoms with Gasteiger partial charge in [-0.15, -0.1) is 0 Å². The number of anilines is 1. The Hall–Kier alpha value is -4.97. The molecule has 1 aromatic heterocycles. The van der Waals surface area contributed by atoms with Crippen LogP contribution in [0.3, 0.4) is 0 Å². The van der Waals surface area contributed by atoms with Gasteiger partial charge >= 0.3 is 12.1 Å². The summed E-state index contributed by atoms with van der Waals surface area (Å²) in [7, 11) is 0. The number of halogens is 5. The summed E-state index contributed by atoms with van der Waals surface area (Å²) >= 11 is 6.23. The number of nitrogens with zero attached hydrogens (tertiary/aromatic N) is 2. The second-order valence-electron chi connectivity index (χ2n) is 9.51. The van der Waals surface area contributed by atoms with Crippen molar-refractivity contribution in [3.8, 4) is 11.3 Å². The molecule has 13 heteroatoms. The van der Waals surface area contributed by atoms with Crippen molar-refractivity contribution in [2.24, 2.45) is 11.0 Å². The van der Waals surface area contributed by atoms with E-state index in [1.54, 1.807) is 6.07 Å². The highest BCUT2D eigenvalue weighted by Crippen LogP contribution is 2.35. The maximum atomic E-state index is 13.9. The Bertz CT molecular complexity index is 1750. The first-order valence-electron chi connectivity index (χ1n) is 12.6. The number of nitrogens with one attached hydrogen (secondary N) is 1. The van der Waals surface area contributed by atoms with Crippen molar-refractivity contribution in [1.82, 2.24) is 5.32 Å². The zero-order chi connectivity index (χ0) is 30.9. The monoisotopic (exact) mass is 613 g/mol. The van der Waals surface area contributed by atoms with Crippen molar-refractivity contribution in [2.75, 3.05) is 5.01 Å². The lowest BCUT2D eigenvalue weighted by Gasteiger charge is -2.14. The predicted octanol–water partition coefficient (Wildman–Crippen LogP) is 6.49. The van der Waals surface area contributed by atoms with E-state index in [0.29, 0.717) is 16.1 Å². The molecule has 1 aliphatic heterocycles. The van der Waals surface area contributed by atoms with Gasteiger partial charge in [0.25, 0.3) is 11.8 Å². The van der Waals surface area contributed by atoms with Crippen LogP contribution in [0.15, 0.2) is 88.4 Å². The van der Waals surface area contributed by atoms with Gasteiger partial charge in [0.05, 0.1) is 27.8 Å². The fourth-order valence-corrected chi connectivity index (χ4v) is 4.66. The molecule has 1 unspecified atom stereocenters. The van der Waals surface area contributed by atoms with E-state index in [-0.39, 0.29) is 39.9 Å². The molecule has 5 rings (SSSR count). The Morgan fingerprint density at radius 2 is 1.77 bits per heavy atom. The minimum absolute atomic E-state index is 0.0451. The highest BCUT2D eigenvalue weighted by atomic mass is 35.5. The van der Waals surface area contributed by atoms with Crippen LogP contribution in [0.4, 0.5) is 23.2 Å². The number of carbonyl (C=O) groups excluding carboxylic acids is 2. The van der Waals surface area contributed by atoms with Crippen LogP contribution >= 0.6 is 11.6 Å². The Morgan fingerprint density at radius 3 is 2.47 bits per heavy atom. The zero-order valence-electron chi connectivity index (χ0n) is 21.9. The fourth-order valence-electron chi connectivity index (χ4n) is 4.46. The average Bonchev–Trinajstić information content (AvgIpc) is 3.57. The molecule has 0 fully saturated rings. The number of carboxylic acid groups (broad SMARTS) is 1. The van der Waals surface area contributed by atoms with Gasteiger partial charge in [-0.3, -0.25) is 9.59 Å². The third-order valence-electron chi connectivity index (χ3n) is 6.60. The minimum Gasteiger partial charge on any atom is -0.478 e. The Morgan fingerprint density at radius 1 is 1.02 bits per heavy atom. The van der Waals surface area contributed by atoms with Crippen molar-refractivity contribution >= 4 is 40.8 Å². The van der Waals surface area contributed by atoms with Gasteiger partial charge < -0.3 is 14.8 Å². The quantitative estimate of drug-likeness (QED) is 0.221. The summed E-state index contributed by atoms with van der Waals surface area (Å²) in [5.74, 6) is -4.73. The van der Waals surface area contributed by atoms with Crippen molar-refractivity contribution in [3.63, 3.8) is 0 Å². The van der Waals surface area contributed by atoms with Gasteiger partial charge in [-0.2, -0.15) is 23.3 Å². The number of aromatic carboxylic acids is 1. The minimum atomic E-state index is -4.94. The van der Waals surface area contributed by atoms with E-state index in [1.165, 1.54) is 66.7 Å². The van der Waals surface area contributed by atoms with Gasteiger partial charge in [0.15, 0.2) is 5.71 Å². The smallest absolute Gasteiger partial charge is 0.432 e. The number of carboxylic acids is 1. The van der Waals surface area contributed by atoms with Crippen molar-refractivity contribution in [1.29, 1.82) is 0 Å². The van der Waals surface area contributed by atoms with Crippen LogP contribution in [0.5, 0.6) is 0 Å². The van der Waals surface area contributed by atoms with Crippen LogP contribution in [0.1, 0.15) is 32.0 Å². The topological polar surface area (TPSA) is 112 Å². The van der Waals surface area contributed by atoms with Crippen molar-refractivity contribution in [3.05, 3.63) is 112 Å². The van der Waals surface area contributed by atoms with Crippen LogP contribution in [0.25, 0.3) is 11.3 Å². The molecule has 4 aromatic rings. The van der Waals surface area contributed by atoms with Crippen LogP contribution in [-0.4, -0.2) is 34.8 Å². The normalized spacial score (nSPS) is 15.0. The van der Waals surface area contributed by atoms with E-state index in [2.05, 4.69) is 10.4 Å². The number of alkyl halides is 3. The lowest BCUT2D eigenvalue weighted by molar-refractivity contribution is -0.120. The zero-order valence-corrected chi connectivity index (χ0v) is 22.6. The maximum Gasteiger partial charge on any atom is 0.432 e. The molecule has 1 atom stereocenters. The number of hydrogen-bond donors (Lipinski definition) is 2. The number of furan rings is 1. The molecule has 43 heavy (non-hydrogen) atoms. The standard InChI is InChI=1S/C30H20ClF4N3O5/c31-24-10-6-17(13-22(24)27(39)36-15-16-4-7-19(32)8-5-16)25-11-9-21(43-25)14-23-26(30(33,34)35)37-38(28(23)40)20-3-1-2-18(12-20)29(41)42/h1-13,23H,14-15H2,(H,36,39)(H,41,42). The Kier molecular flexibility index (Phi) is 8.05. The summed E-state index contributed by atoms with van der Waals surface area (Å²) in [5.41, 5.74) is -0.523. The van der Waals surface area contributed by atoms with E-state index >= 15 is 0 Å². The number of carbonyl (C=O) groups is 3. The molecule has 220 valence electrons. The summed E-state index contributed by atoms with van der Waals surface area (Å²) in [6, 6.07) is 17.8. The lowest BCUT2D eigenvalue weighted by atomic mass is 9.97. The first-order valence-corrected chi connectivity index (χ1v) is 13.0. The first kappa shape index (κ1) is 29.5. The van der Waals surface area contributed by atoms with Crippen LogP contribution in [0, 0.1) is 11.7 Å². The molecular formula is C30H20ClF4N3O5. The van der Waals surface area contributed by atoms with E-state index in [9.17, 15) is 37.1 Å². The first-order chi connectivity index (χ1) is 20.4. The van der Waals surface area contributed by atoms with Gasteiger partial charge in [0.1, 0.15) is 17.3 Å². The van der Waals surface area contributed by atoms with Crippen LogP contribution < -0.4 is 10.3 Å². The van der Waals surface area contributed by atoms with Gasteiger partial charge in [-0.25, -0.2) is 9.18 Å². The van der Waals surface area contributed by atoms with E-state index < -0.39 is 47.8 Å². The van der Waals surface area contributed by atoms with Gasteiger partial charge in [0.2, 0.25) is 0 Å². The summed E-state index contributed by atoms with van der Waals surface area (Å²) in [6.07, 6.45) is -5.42. The van der Waals surface area contributed by atoms with Crippen LogP contribution in [0.2, 0.25) is 5.02 Å². The number of benzene rings is 3. The molecule has 2 heterocycles. The fraction of sp³-hybridized carbons (Fsp3) is 0.133. The highest BCUT2D eigenvalue weighted by Gasteiger charge is 2.50. The molecule has 0 saturated carbocycles. The summed E-state index contributed by atoms with van der Waals surface area (Å²) in [4.78, 5) is 37.2. The summed E-state index contributed by atoms with van der Waals surface area (Å²) < 4.78 is 60.6. The van der Waals surface area contributed by atoms with Crippen LogP contribution in [-0.2, 0) is 17.8 Å². The number of hydrazone groups is 1. The molecule has 2 N–H and O–H groups in total. The second kappa shape index (κ2) is 11.7.